The topological polar surface area (TPSA) is 69.6 Å². The van der Waals surface area contributed by atoms with Gasteiger partial charge in [-0.3, -0.25) is 0 Å². The molecular weight excluding hydrogens is 262 g/mol. The average Bonchev–Trinajstić information content (AvgIpc) is 2.68. The number of halogens is 1. The van der Waals surface area contributed by atoms with Crippen molar-refractivity contribution in [2.24, 2.45) is 0 Å². The van der Waals surface area contributed by atoms with Gasteiger partial charge in [-0.05, 0) is 22.0 Å². The largest absolute Gasteiger partial charge is 0.465 e. The van der Waals surface area contributed by atoms with Gasteiger partial charge in [0.1, 0.15) is 15.9 Å². The summed E-state index contributed by atoms with van der Waals surface area (Å²) >= 11 is 3.31. The highest BCUT2D eigenvalue weighted by Crippen LogP contribution is 2.22. The van der Waals surface area contributed by atoms with Crippen LogP contribution in [0.25, 0.3) is 5.52 Å². The van der Waals surface area contributed by atoms with Crippen LogP contribution in [0.5, 0.6) is 0 Å². The summed E-state index contributed by atoms with van der Waals surface area (Å²) in [5.41, 5.74) is 6.66. The lowest BCUT2D eigenvalue weighted by Crippen LogP contribution is -2.04. The Kier molecular flexibility index (Phi) is 2.36. The van der Waals surface area contributed by atoms with Crippen LogP contribution in [-0.2, 0) is 4.74 Å². The summed E-state index contributed by atoms with van der Waals surface area (Å²) in [5, 5.41) is 0. The third kappa shape index (κ3) is 1.46. The van der Waals surface area contributed by atoms with E-state index in [9.17, 15) is 4.79 Å². The molecule has 2 N–H and O–H groups in total. The summed E-state index contributed by atoms with van der Waals surface area (Å²) in [6.07, 6.45) is 3.30. The van der Waals surface area contributed by atoms with Gasteiger partial charge in [-0.2, -0.15) is 0 Å². The van der Waals surface area contributed by atoms with Gasteiger partial charge < -0.3 is 14.9 Å². The van der Waals surface area contributed by atoms with Crippen LogP contribution in [0.4, 0.5) is 5.82 Å². The second-order valence-corrected chi connectivity index (χ2v) is 3.72. The quantitative estimate of drug-likeness (QED) is 0.796. The first-order valence-corrected chi connectivity index (χ1v) is 4.94. The zero-order chi connectivity index (χ0) is 11.0. The monoisotopic (exact) mass is 269 g/mol. The van der Waals surface area contributed by atoms with Crippen molar-refractivity contribution in [1.29, 1.82) is 0 Å². The number of ether oxygens (including phenoxy) is 1. The van der Waals surface area contributed by atoms with Crippen LogP contribution in [0.2, 0.25) is 0 Å². The fraction of sp³-hybridized carbons (Fsp3) is 0.111. The molecule has 0 radical (unpaired) electrons. The summed E-state index contributed by atoms with van der Waals surface area (Å²) in [7, 11) is 1.33. The van der Waals surface area contributed by atoms with Gasteiger partial charge in [-0.1, -0.05) is 0 Å². The van der Waals surface area contributed by atoms with E-state index in [2.05, 4.69) is 25.7 Å². The van der Waals surface area contributed by atoms with E-state index in [-0.39, 0.29) is 0 Å². The number of rotatable bonds is 1. The van der Waals surface area contributed by atoms with E-state index in [1.54, 1.807) is 22.9 Å². The average molecular weight is 270 g/mol. The van der Waals surface area contributed by atoms with E-state index in [4.69, 9.17) is 5.73 Å². The van der Waals surface area contributed by atoms with Crippen LogP contribution >= 0.6 is 15.9 Å². The molecule has 0 fully saturated rings. The Bertz CT molecular complexity index is 535. The van der Waals surface area contributed by atoms with E-state index >= 15 is 0 Å². The van der Waals surface area contributed by atoms with Crippen molar-refractivity contribution in [3.63, 3.8) is 0 Å². The summed E-state index contributed by atoms with van der Waals surface area (Å²) in [4.78, 5) is 15.4. The number of anilines is 1. The Balaban J connectivity index is 2.79. The standard InChI is InChI=1S/C9H8BrN3O2/c1-15-9(14)5-2-3-13-6(10)4-12-8(11)7(5)13/h2-4H,1H3,(H2,11,12). The lowest BCUT2D eigenvalue weighted by atomic mass is 10.3. The summed E-state index contributed by atoms with van der Waals surface area (Å²) in [5.74, 6) is -0.132. The molecule has 0 aliphatic carbocycles. The lowest BCUT2D eigenvalue weighted by molar-refractivity contribution is 0.0603. The maximum atomic E-state index is 11.4. The zero-order valence-electron chi connectivity index (χ0n) is 7.90. The summed E-state index contributed by atoms with van der Waals surface area (Å²) in [6.45, 7) is 0. The molecule has 6 heteroatoms. The SMILES string of the molecule is COC(=O)c1ccn2c(Br)cnc(N)c12. The number of carbonyl (C=O) groups excluding carboxylic acids is 1. The molecule has 2 heterocycles. The van der Waals surface area contributed by atoms with Crippen molar-refractivity contribution in [3.05, 3.63) is 28.6 Å². The highest BCUT2D eigenvalue weighted by molar-refractivity contribution is 9.10. The number of carbonyl (C=O) groups is 1. The van der Waals surface area contributed by atoms with Gasteiger partial charge in [-0.15, -0.1) is 0 Å². The van der Waals surface area contributed by atoms with Gasteiger partial charge in [0.15, 0.2) is 0 Å². The van der Waals surface area contributed by atoms with Crippen LogP contribution in [0, 0.1) is 0 Å². The minimum Gasteiger partial charge on any atom is -0.465 e. The molecule has 0 spiro atoms. The Hall–Kier alpha value is -1.56. The molecule has 2 aromatic heterocycles. The number of nitrogens with two attached hydrogens (primary N) is 1. The van der Waals surface area contributed by atoms with Gasteiger partial charge in [0.25, 0.3) is 0 Å². The van der Waals surface area contributed by atoms with Crippen LogP contribution in [0.1, 0.15) is 10.4 Å². The fourth-order valence-corrected chi connectivity index (χ4v) is 1.79. The number of hydrogen-bond donors (Lipinski definition) is 1. The molecule has 0 bridgehead atoms. The molecule has 0 saturated heterocycles. The third-order valence-electron chi connectivity index (χ3n) is 2.07. The molecular formula is C9H8BrN3O2. The smallest absolute Gasteiger partial charge is 0.340 e. The molecule has 0 amide bonds. The van der Waals surface area contributed by atoms with Gasteiger partial charge in [0.2, 0.25) is 0 Å². The number of nitrogen functional groups attached to an aromatic ring is 1. The van der Waals surface area contributed by atoms with Crippen molar-refractivity contribution >= 4 is 33.2 Å². The normalized spacial score (nSPS) is 10.5. The maximum Gasteiger partial charge on any atom is 0.340 e. The van der Waals surface area contributed by atoms with Gasteiger partial charge in [-0.25, -0.2) is 9.78 Å². The lowest BCUT2D eigenvalue weighted by Gasteiger charge is -2.03. The van der Waals surface area contributed by atoms with Gasteiger partial charge in [0, 0.05) is 6.20 Å². The number of aromatic nitrogens is 2. The van der Waals surface area contributed by atoms with Crippen LogP contribution in [-0.4, -0.2) is 22.5 Å². The molecule has 0 unspecified atom stereocenters. The molecule has 0 aliphatic rings. The summed E-state index contributed by atoms with van der Waals surface area (Å²) in [6, 6.07) is 1.64. The van der Waals surface area contributed by atoms with Crippen molar-refractivity contribution in [1.82, 2.24) is 9.38 Å². The van der Waals surface area contributed by atoms with Gasteiger partial charge >= 0.3 is 5.97 Å². The van der Waals surface area contributed by atoms with Crippen molar-refractivity contribution in [2.75, 3.05) is 12.8 Å². The van der Waals surface area contributed by atoms with Crippen LogP contribution < -0.4 is 5.73 Å². The Labute approximate surface area is 94.0 Å². The second kappa shape index (κ2) is 3.54. The molecule has 0 aliphatic heterocycles. The van der Waals surface area contributed by atoms with Crippen molar-refractivity contribution in [3.8, 4) is 0 Å². The number of hydrogen-bond acceptors (Lipinski definition) is 4. The summed E-state index contributed by atoms with van der Waals surface area (Å²) < 4.78 is 7.10. The Morgan fingerprint density at radius 2 is 2.40 bits per heavy atom. The predicted octanol–water partition coefficient (Wildman–Crippen LogP) is 1.47. The van der Waals surface area contributed by atoms with E-state index in [1.165, 1.54) is 7.11 Å². The number of esters is 1. The molecule has 5 nitrogen and oxygen atoms in total. The number of methoxy groups -OCH3 is 1. The molecule has 0 saturated carbocycles. The maximum absolute atomic E-state index is 11.4. The van der Waals surface area contributed by atoms with Crippen LogP contribution in [0.15, 0.2) is 23.1 Å². The van der Waals surface area contributed by atoms with Crippen molar-refractivity contribution in [2.45, 2.75) is 0 Å². The van der Waals surface area contributed by atoms with Crippen LogP contribution in [0.3, 0.4) is 0 Å². The van der Waals surface area contributed by atoms with Crippen molar-refractivity contribution < 1.29 is 9.53 Å². The molecule has 2 aromatic rings. The first kappa shape index (κ1) is 9.97. The second-order valence-electron chi connectivity index (χ2n) is 2.91. The highest BCUT2D eigenvalue weighted by atomic mass is 79.9. The molecule has 0 atom stereocenters. The van der Waals surface area contributed by atoms with E-state index < -0.39 is 5.97 Å². The highest BCUT2D eigenvalue weighted by Gasteiger charge is 2.15. The Morgan fingerprint density at radius 1 is 1.67 bits per heavy atom. The Morgan fingerprint density at radius 3 is 3.07 bits per heavy atom. The molecule has 2 rings (SSSR count). The van der Waals surface area contributed by atoms with E-state index in [0.717, 1.165) is 4.60 Å². The van der Waals surface area contributed by atoms with E-state index in [0.29, 0.717) is 16.9 Å². The third-order valence-corrected chi connectivity index (χ3v) is 2.66. The fourth-order valence-electron chi connectivity index (χ4n) is 1.39. The predicted molar refractivity (Wildman–Crippen MR) is 58.6 cm³/mol. The number of nitrogens with zero attached hydrogens (tertiary/aromatic N) is 2. The number of fused-ring (bicyclic) bond motifs is 1. The van der Waals surface area contributed by atoms with Gasteiger partial charge in [0.05, 0.1) is 18.9 Å². The zero-order valence-corrected chi connectivity index (χ0v) is 9.48. The minimum absolute atomic E-state index is 0.295. The minimum atomic E-state index is -0.427. The molecule has 78 valence electrons. The first-order chi connectivity index (χ1) is 7.15. The first-order valence-electron chi connectivity index (χ1n) is 4.14. The molecule has 15 heavy (non-hydrogen) atoms. The molecule has 0 aromatic carbocycles. The van der Waals surface area contributed by atoms with E-state index in [1.807, 2.05) is 0 Å².